The first-order chi connectivity index (χ1) is 9.13. The van der Waals surface area contributed by atoms with Crippen LogP contribution in [0.5, 0.6) is 0 Å². The lowest BCUT2D eigenvalue weighted by atomic mass is 9.97. The van der Waals surface area contributed by atoms with Crippen molar-refractivity contribution in [2.75, 3.05) is 0 Å². The van der Waals surface area contributed by atoms with Crippen LogP contribution < -0.4 is 0 Å². The number of nitrogens with zero attached hydrogens (tertiary/aromatic N) is 2. The van der Waals surface area contributed by atoms with E-state index in [1.165, 1.54) is 12.1 Å². The second-order valence-electron chi connectivity index (χ2n) is 4.55. The van der Waals surface area contributed by atoms with Crippen LogP contribution in [0.2, 0.25) is 0 Å². The van der Waals surface area contributed by atoms with Crippen LogP contribution in [0.25, 0.3) is 0 Å². The molecule has 1 aromatic heterocycles. The van der Waals surface area contributed by atoms with E-state index >= 15 is 0 Å². The van der Waals surface area contributed by atoms with Crippen LogP contribution in [-0.4, -0.2) is 16.5 Å². The van der Waals surface area contributed by atoms with Crippen molar-refractivity contribution in [1.82, 2.24) is 4.98 Å². The third-order valence-electron chi connectivity index (χ3n) is 3.03. The molecule has 2 aromatic rings. The molecule has 0 radical (unpaired) electrons. The molecule has 0 saturated heterocycles. The van der Waals surface area contributed by atoms with E-state index in [1.54, 1.807) is 24.4 Å². The van der Waals surface area contributed by atoms with Crippen molar-refractivity contribution in [2.24, 2.45) is 4.99 Å². The normalized spacial score (nSPS) is 14.0. The maximum atomic E-state index is 13.2. The molecule has 3 rings (SSSR count). The summed E-state index contributed by atoms with van der Waals surface area (Å²) in [6.45, 7) is 1.88. The first-order valence-corrected chi connectivity index (χ1v) is 5.97. The first kappa shape index (κ1) is 11.7. The van der Waals surface area contributed by atoms with Crippen molar-refractivity contribution in [3.63, 3.8) is 0 Å². The molecule has 0 N–H and O–H groups in total. The number of Topliss-reactive ketones (excluding diaryl/α,β-unsaturated/α-hetero) is 1. The number of hydrogen-bond acceptors (Lipinski definition) is 3. The molecule has 0 amide bonds. The number of ketones is 1. The SMILES string of the molecule is Cc1cnc2c(c1)C(=O)CC(c1cccc(F)c1)=N2. The molecule has 1 aliphatic heterocycles. The fraction of sp³-hybridized carbons (Fsp3) is 0.133. The average molecular weight is 254 g/mol. The second kappa shape index (κ2) is 4.39. The van der Waals surface area contributed by atoms with Crippen LogP contribution in [0.1, 0.15) is 27.9 Å². The highest BCUT2D eigenvalue weighted by molar-refractivity contribution is 6.20. The number of halogens is 1. The van der Waals surface area contributed by atoms with Crippen LogP contribution in [0.15, 0.2) is 41.5 Å². The number of aliphatic imine (C=N–C) groups is 1. The molecule has 94 valence electrons. The Kier molecular flexibility index (Phi) is 2.71. The van der Waals surface area contributed by atoms with Crippen LogP contribution in [0.3, 0.4) is 0 Å². The van der Waals surface area contributed by atoms with Gasteiger partial charge in [0.05, 0.1) is 17.7 Å². The van der Waals surface area contributed by atoms with Crippen molar-refractivity contribution in [3.8, 4) is 0 Å². The second-order valence-corrected chi connectivity index (χ2v) is 4.55. The van der Waals surface area contributed by atoms with E-state index < -0.39 is 0 Å². The summed E-state index contributed by atoms with van der Waals surface area (Å²) in [4.78, 5) is 20.6. The number of pyridine rings is 1. The molecule has 0 atom stereocenters. The highest BCUT2D eigenvalue weighted by Crippen LogP contribution is 2.26. The Morgan fingerprint density at radius 2 is 2.11 bits per heavy atom. The van der Waals surface area contributed by atoms with Crippen LogP contribution in [0.4, 0.5) is 10.2 Å². The average Bonchev–Trinajstić information content (AvgIpc) is 2.39. The van der Waals surface area contributed by atoms with Gasteiger partial charge in [-0.05, 0) is 36.2 Å². The van der Waals surface area contributed by atoms with E-state index in [-0.39, 0.29) is 18.0 Å². The van der Waals surface area contributed by atoms with Gasteiger partial charge >= 0.3 is 0 Å². The van der Waals surface area contributed by atoms with Crippen molar-refractivity contribution < 1.29 is 9.18 Å². The molecule has 0 saturated carbocycles. The van der Waals surface area contributed by atoms with Gasteiger partial charge in [0.1, 0.15) is 5.82 Å². The monoisotopic (exact) mass is 254 g/mol. The molecule has 1 aromatic carbocycles. The predicted octanol–water partition coefficient (Wildman–Crippen LogP) is 3.24. The lowest BCUT2D eigenvalue weighted by molar-refractivity contribution is 0.0999. The van der Waals surface area contributed by atoms with Gasteiger partial charge in [-0.1, -0.05) is 12.1 Å². The van der Waals surface area contributed by atoms with Gasteiger partial charge in [0.2, 0.25) is 0 Å². The minimum atomic E-state index is -0.338. The Bertz CT molecular complexity index is 707. The first-order valence-electron chi connectivity index (χ1n) is 5.97. The van der Waals surface area contributed by atoms with E-state index in [4.69, 9.17) is 0 Å². The van der Waals surface area contributed by atoms with Crippen molar-refractivity contribution in [1.29, 1.82) is 0 Å². The highest BCUT2D eigenvalue weighted by Gasteiger charge is 2.22. The van der Waals surface area contributed by atoms with Crippen molar-refractivity contribution in [2.45, 2.75) is 13.3 Å². The van der Waals surface area contributed by atoms with E-state index in [2.05, 4.69) is 9.98 Å². The van der Waals surface area contributed by atoms with Gasteiger partial charge in [-0.25, -0.2) is 14.4 Å². The zero-order chi connectivity index (χ0) is 13.4. The fourth-order valence-electron chi connectivity index (χ4n) is 2.11. The Morgan fingerprint density at radius 3 is 2.89 bits per heavy atom. The molecule has 3 nitrogen and oxygen atoms in total. The smallest absolute Gasteiger partial charge is 0.172 e. The molecule has 19 heavy (non-hydrogen) atoms. The van der Waals surface area contributed by atoms with Crippen LogP contribution in [0, 0.1) is 12.7 Å². The van der Waals surface area contributed by atoms with E-state index in [9.17, 15) is 9.18 Å². The highest BCUT2D eigenvalue weighted by atomic mass is 19.1. The fourth-order valence-corrected chi connectivity index (χ4v) is 2.11. The van der Waals surface area contributed by atoms with Gasteiger partial charge in [-0.3, -0.25) is 4.79 Å². The molecule has 2 heterocycles. The number of carbonyl (C=O) groups is 1. The number of benzene rings is 1. The number of carbonyl (C=O) groups excluding carboxylic acids is 1. The van der Waals surface area contributed by atoms with Crippen LogP contribution in [-0.2, 0) is 0 Å². The number of rotatable bonds is 1. The van der Waals surface area contributed by atoms with Gasteiger partial charge in [-0.15, -0.1) is 0 Å². The third-order valence-corrected chi connectivity index (χ3v) is 3.03. The van der Waals surface area contributed by atoms with Crippen molar-refractivity contribution >= 4 is 17.3 Å². The molecule has 0 spiro atoms. The summed E-state index contributed by atoms with van der Waals surface area (Å²) >= 11 is 0. The summed E-state index contributed by atoms with van der Waals surface area (Å²) in [5.41, 5.74) is 2.66. The van der Waals surface area contributed by atoms with Crippen LogP contribution >= 0.6 is 0 Å². The maximum Gasteiger partial charge on any atom is 0.172 e. The lowest BCUT2D eigenvalue weighted by Crippen LogP contribution is -2.15. The number of fused-ring (bicyclic) bond motifs is 1. The quantitative estimate of drug-likeness (QED) is 0.784. The minimum Gasteiger partial charge on any atom is -0.294 e. The Hall–Kier alpha value is -2.36. The number of aromatic nitrogens is 1. The summed E-state index contributed by atoms with van der Waals surface area (Å²) in [6, 6.07) is 7.89. The van der Waals surface area contributed by atoms with Crippen molar-refractivity contribution in [3.05, 3.63) is 59.0 Å². The van der Waals surface area contributed by atoms with Gasteiger partial charge in [0.15, 0.2) is 11.6 Å². The summed E-state index contributed by atoms with van der Waals surface area (Å²) in [5.74, 6) is 0.0527. The van der Waals surface area contributed by atoms with Gasteiger partial charge in [0.25, 0.3) is 0 Å². The molecule has 0 unspecified atom stereocenters. The topological polar surface area (TPSA) is 42.3 Å². The zero-order valence-electron chi connectivity index (χ0n) is 10.4. The standard InChI is InChI=1S/C15H11FN2O/c1-9-5-12-14(19)7-13(18-15(12)17-8-9)10-3-2-4-11(16)6-10/h2-6,8H,7H2,1H3. The van der Waals surface area contributed by atoms with E-state index in [1.807, 2.05) is 6.92 Å². The number of hydrogen-bond donors (Lipinski definition) is 0. The van der Waals surface area contributed by atoms with Gasteiger partial charge in [0, 0.05) is 6.20 Å². The number of aryl methyl sites for hydroxylation is 1. The maximum absolute atomic E-state index is 13.2. The van der Waals surface area contributed by atoms with E-state index in [0.717, 1.165) is 5.56 Å². The lowest BCUT2D eigenvalue weighted by Gasteiger charge is -2.14. The molecule has 0 fully saturated rings. The third kappa shape index (κ3) is 2.17. The van der Waals surface area contributed by atoms with Gasteiger partial charge < -0.3 is 0 Å². The summed E-state index contributed by atoms with van der Waals surface area (Å²) in [5, 5.41) is 0. The summed E-state index contributed by atoms with van der Waals surface area (Å²) in [6.07, 6.45) is 1.85. The summed E-state index contributed by atoms with van der Waals surface area (Å²) in [7, 11) is 0. The van der Waals surface area contributed by atoms with Gasteiger partial charge in [-0.2, -0.15) is 0 Å². The zero-order valence-corrected chi connectivity index (χ0v) is 10.4. The predicted molar refractivity (Wildman–Crippen MR) is 70.5 cm³/mol. The Labute approximate surface area is 109 Å². The molecule has 4 heteroatoms. The Morgan fingerprint density at radius 1 is 1.26 bits per heavy atom. The molecule has 0 bridgehead atoms. The summed E-state index contributed by atoms with van der Waals surface area (Å²) < 4.78 is 13.2. The molecule has 1 aliphatic rings. The van der Waals surface area contributed by atoms with E-state index in [0.29, 0.717) is 22.7 Å². The Balaban J connectivity index is 2.11. The molecule has 0 aliphatic carbocycles. The molecular formula is C15H11FN2O. The molecular weight excluding hydrogens is 243 g/mol. The minimum absolute atomic E-state index is 0.0274. The largest absolute Gasteiger partial charge is 0.294 e.